The Morgan fingerprint density at radius 3 is 2.35 bits per heavy atom. The highest BCUT2D eigenvalue weighted by Gasteiger charge is 2.27. The van der Waals surface area contributed by atoms with E-state index >= 15 is 0 Å². The van der Waals surface area contributed by atoms with Gasteiger partial charge in [-0.3, -0.25) is 4.79 Å². The van der Waals surface area contributed by atoms with E-state index in [0.29, 0.717) is 12.5 Å². The summed E-state index contributed by atoms with van der Waals surface area (Å²) < 4.78 is 0. The molecule has 0 aromatic rings. The highest BCUT2D eigenvalue weighted by Crippen LogP contribution is 2.16. The molecule has 0 unspecified atom stereocenters. The molecule has 0 spiro atoms. The van der Waals surface area contributed by atoms with E-state index in [1.54, 1.807) is 13.8 Å². The largest absolute Gasteiger partial charge is 0.481 e. The molecule has 6 nitrogen and oxygen atoms in total. The fourth-order valence-electron chi connectivity index (χ4n) is 2.18. The Bertz CT molecular complexity index is 337. The molecule has 20 heavy (non-hydrogen) atoms. The summed E-state index contributed by atoms with van der Waals surface area (Å²) in [6.07, 6.45) is 2.21. The summed E-state index contributed by atoms with van der Waals surface area (Å²) in [5, 5.41) is 14.4. The molecule has 0 saturated carbocycles. The summed E-state index contributed by atoms with van der Waals surface area (Å²) in [5.41, 5.74) is -0.941. The first kappa shape index (κ1) is 16.8. The van der Waals surface area contributed by atoms with Crippen LogP contribution in [0.2, 0.25) is 0 Å². The molecular formula is C14H27N3O3. The van der Waals surface area contributed by atoms with Crippen LogP contribution >= 0.6 is 0 Å². The van der Waals surface area contributed by atoms with Crippen molar-refractivity contribution in [2.24, 2.45) is 11.3 Å². The number of aliphatic carboxylic acids is 1. The average molecular weight is 285 g/mol. The quantitative estimate of drug-likeness (QED) is 0.683. The van der Waals surface area contributed by atoms with Crippen molar-refractivity contribution in [1.29, 1.82) is 0 Å². The lowest BCUT2D eigenvalue weighted by Crippen LogP contribution is -2.45. The maximum atomic E-state index is 11.6. The minimum Gasteiger partial charge on any atom is -0.481 e. The SMILES string of the molecule is CCN1CCC(CNC(=O)NCC(C)(C)C(=O)O)CC1. The maximum Gasteiger partial charge on any atom is 0.314 e. The van der Waals surface area contributed by atoms with Crippen LogP contribution in [-0.4, -0.2) is 54.7 Å². The Morgan fingerprint density at radius 2 is 1.85 bits per heavy atom. The predicted molar refractivity (Wildman–Crippen MR) is 77.7 cm³/mol. The lowest BCUT2D eigenvalue weighted by molar-refractivity contribution is -0.146. The van der Waals surface area contributed by atoms with Gasteiger partial charge in [0.2, 0.25) is 0 Å². The van der Waals surface area contributed by atoms with E-state index in [-0.39, 0.29) is 12.6 Å². The number of nitrogens with one attached hydrogen (secondary N) is 2. The van der Waals surface area contributed by atoms with E-state index < -0.39 is 11.4 Å². The summed E-state index contributed by atoms with van der Waals surface area (Å²) in [7, 11) is 0. The number of rotatable bonds is 6. The van der Waals surface area contributed by atoms with E-state index in [4.69, 9.17) is 5.11 Å². The lowest BCUT2D eigenvalue weighted by Gasteiger charge is -2.31. The number of carbonyl (C=O) groups is 2. The molecule has 2 amide bonds. The van der Waals surface area contributed by atoms with Crippen LogP contribution in [0.15, 0.2) is 0 Å². The van der Waals surface area contributed by atoms with Crippen molar-refractivity contribution in [1.82, 2.24) is 15.5 Å². The van der Waals surface area contributed by atoms with Gasteiger partial charge in [0, 0.05) is 13.1 Å². The fraction of sp³-hybridized carbons (Fsp3) is 0.857. The third-order valence-corrected chi connectivity index (χ3v) is 3.98. The molecule has 1 aliphatic rings. The van der Waals surface area contributed by atoms with Gasteiger partial charge in [-0.2, -0.15) is 0 Å². The van der Waals surface area contributed by atoms with Crippen LogP contribution in [0.3, 0.4) is 0 Å². The number of urea groups is 1. The van der Waals surface area contributed by atoms with E-state index in [1.807, 2.05) is 0 Å². The standard InChI is InChI=1S/C14H27N3O3/c1-4-17-7-5-11(6-8-17)9-15-13(20)16-10-14(2,3)12(18)19/h11H,4-10H2,1-3H3,(H,18,19)(H2,15,16,20). The van der Waals surface area contributed by atoms with Gasteiger partial charge >= 0.3 is 12.0 Å². The zero-order chi connectivity index (χ0) is 15.2. The number of amides is 2. The van der Waals surface area contributed by atoms with Gasteiger partial charge in [-0.1, -0.05) is 6.92 Å². The third kappa shape index (κ3) is 5.36. The first-order valence-electron chi connectivity index (χ1n) is 7.32. The van der Waals surface area contributed by atoms with Crippen LogP contribution in [0.1, 0.15) is 33.6 Å². The average Bonchev–Trinajstić information content (AvgIpc) is 2.43. The zero-order valence-electron chi connectivity index (χ0n) is 12.7. The Balaban J connectivity index is 2.19. The second kappa shape index (κ2) is 7.47. The fourth-order valence-corrected chi connectivity index (χ4v) is 2.18. The summed E-state index contributed by atoms with van der Waals surface area (Å²) in [6.45, 7) is 9.42. The highest BCUT2D eigenvalue weighted by molar-refractivity contribution is 5.77. The third-order valence-electron chi connectivity index (χ3n) is 3.98. The van der Waals surface area contributed by atoms with Crippen molar-refractivity contribution in [2.75, 3.05) is 32.7 Å². The van der Waals surface area contributed by atoms with E-state index in [2.05, 4.69) is 22.5 Å². The molecule has 0 atom stereocenters. The lowest BCUT2D eigenvalue weighted by atomic mass is 9.94. The van der Waals surface area contributed by atoms with Crippen molar-refractivity contribution in [3.05, 3.63) is 0 Å². The van der Waals surface area contributed by atoms with Crippen LogP contribution in [0, 0.1) is 11.3 Å². The van der Waals surface area contributed by atoms with Crippen LogP contribution in [0.5, 0.6) is 0 Å². The van der Waals surface area contributed by atoms with Gasteiger partial charge in [0.25, 0.3) is 0 Å². The van der Waals surface area contributed by atoms with Crippen LogP contribution < -0.4 is 10.6 Å². The molecule has 0 aromatic heterocycles. The smallest absolute Gasteiger partial charge is 0.314 e. The second-order valence-electron chi connectivity index (χ2n) is 6.13. The van der Waals surface area contributed by atoms with E-state index in [1.165, 1.54) is 0 Å². The summed E-state index contributed by atoms with van der Waals surface area (Å²) in [5.74, 6) is -0.388. The molecule has 0 bridgehead atoms. The van der Waals surface area contributed by atoms with Gasteiger partial charge in [-0.05, 0) is 52.2 Å². The molecule has 0 aliphatic carbocycles. The first-order valence-corrected chi connectivity index (χ1v) is 7.32. The summed E-state index contributed by atoms with van der Waals surface area (Å²) in [6, 6.07) is -0.280. The molecule has 1 heterocycles. The molecule has 0 aromatic carbocycles. The van der Waals surface area contributed by atoms with Gasteiger partial charge in [0.05, 0.1) is 5.41 Å². The number of hydrogen-bond acceptors (Lipinski definition) is 3. The Labute approximate surface area is 120 Å². The normalized spacial score (nSPS) is 17.8. The van der Waals surface area contributed by atoms with E-state index in [9.17, 15) is 9.59 Å². The number of hydrogen-bond donors (Lipinski definition) is 3. The monoisotopic (exact) mass is 285 g/mol. The van der Waals surface area contributed by atoms with Gasteiger partial charge in [0.1, 0.15) is 0 Å². The molecule has 1 rings (SSSR count). The zero-order valence-corrected chi connectivity index (χ0v) is 12.7. The Kier molecular flexibility index (Phi) is 6.26. The van der Waals surface area contributed by atoms with Crippen molar-refractivity contribution >= 4 is 12.0 Å². The molecule has 116 valence electrons. The summed E-state index contributed by atoms with van der Waals surface area (Å²) in [4.78, 5) is 25.0. The van der Waals surface area contributed by atoms with Crippen LogP contribution in [0.4, 0.5) is 4.79 Å². The minimum absolute atomic E-state index is 0.127. The Hall–Kier alpha value is -1.30. The second-order valence-corrected chi connectivity index (χ2v) is 6.13. The highest BCUT2D eigenvalue weighted by atomic mass is 16.4. The van der Waals surface area contributed by atoms with Gasteiger partial charge < -0.3 is 20.6 Å². The molecule has 1 aliphatic heterocycles. The van der Waals surface area contributed by atoms with Crippen molar-refractivity contribution in [2.45, 2.75) is 33.6 Å². The number of piperidine rings is 1. The Morgan fingerprint density at radius 1 is 1.25 bits per heavy atom. The van der Waals surface area contributed by atoms with Crippen LogP contribution in [-0.2, 0) is 4.79 Å². The molecule has 1 saturated heterocycles. The van der Waals surface area contributed by atoms with Crippen LogP contribution in [0.25, 0.3) is 0 Å². The predicted octanol–water partition coefficient (Wildman–Crippen LogP) is 1.13. The number of carboxylic acids is 1. The number of carboxylic acid groups (broad SMARTS) is 1. The van der Waals surface area contributed by atoms with E-state index in [0.717, 1.165) is 32.5 Å². The van der Waals surface area contributed by atoms with Crippen molar-refractivity contribution in [3.8, 4) is 0 Å². The van der Waals surface area contributed by atoms with Gasteiger partial charge in [0.15, 0.2) is 0 Å². The maximum absolute atomic E-state index is 11.6. The minimum atomic E-state index is -0.941. The number of likely N-dealkylation sites (tertiary alicyclic amines) is 1. The van der Waals surface area contributed by atoms with Gasteiger partial charge in [-0.15, -0.1) is 0 Å². The molecular weight excluding hydrogens is 258 g/mol. The first-order chi connectivity index (χ1) is 9.35. The summed E-state index contributed by atoms with van der Waals surface area (Å²) >= 11 is 0. The molecule has 0 radical (unpaired) electrons. The van der Waals surface area contributed by atoms with Gasteiger partial charge in [-0.25, -0.2) is 4.79 Å². The number of nitrogens with zero attached hydrogens (tertiary/aromatic N) is 1. The molecule has 3 N–H and O–H groups in total. The molecule has 1 fully saturated rings. The molecule has 6 heteroatoms. The van der Waals surface area contributed by atoms with Crippen molar-refractivity contribution < 1.29 is 14.7 Å². The van der Waals surface area contributed by atoms with Crippen molar-refractivity contribution in [3.63, 3.8) is 0 Å². The number of carbonyl (C=O) groups excluding carboxylic acids is 1. The topological polar surface area (TPSA) is 81.7 Å².